The predicted octanol–water partition coefficient (Wildman–Crippen LogP) is 5.28. The van der Waals surface area contributed by atoms with Gasteiger partial charge in [-0.15, -0.1) is 0 Å². The minimum atomic E-state index is -0.500. The molecule has 164 valence electrons. The number of amides is 1. The SMILES string of the molecule is CC1CN(C(=O)OC(C)(C)C)CCN1c1nc2cc(Cl)cc(NC3CCCC3)c2o1. The van der Waals surface area contributed by atoms with E-state index in [1.54, 1.807) is 4.90 Å². The summed E-state index contributed by atoms with van der Waals surface area (Å²) in [6.07, 6.45) is 4.56. The molecule has 1 unspecified atom stereocenters. The molecule has 1 aliphatic carbocycles. The van der Waals surface area contributed by atoms with Crippen LogP contribution in [0.3, 0.4) is 0 Å². The molecule has 7 nitrogen and oxygen atoms in total. The highest BCUT2D eigenvalue weighted by atomic mass is 35.5. The van der Waals surface area contributed by atoms with Crippen molar-refractivity contribution < 1.29 is 13.9 Å². The van der Waals surface area contributed by atoms with Crippen molar-refractivity contribution in [1.29, 1.82) is 0 Å². The van der Waals surface area contributed by atoms with Crippen LogP contribution in [0, 0.1) is 0 Å². The standard InChI is InChI=1S/C22H31ClN4O3/c1-14-13-26(21(28)30-22(2,3)4)9-10-27(14)20-25-18-12-15(23)11-17(19(18)29-20)24-16-7-5-6-8-16/h11-12,14,16,24H,5-10,13H2,1-4H3. The Hall–Kier alpha value is -2.15. The maximum atomic E-state index is 12.4. The molecule has 1 saturated carbocycles. The summed E-state index contributed by atoms with van der Waals surface area (Å²) in [4.78, 5) is 21.0. The molecule has 0 bridgehead atoms. The summed E-state index contributed by atoms with van der Waals surface area (Å²) >= 11 is 6.35. The van der Waals surface area contributed by atoms with Gasteiger partial charge >= 0.3 is 6.09 Å². The molecule has 0 radical (unpaired) electrons. The van der Waals surface area contributed by atoms with Crippen LogP contribution in [0.4, 0.5) is 16.5 Å². The molecule has 30 heavy (non-hydrogen) atoms. The highest BCUT2D eigenvalue weighted by Gasteiger charge is 2.32. The van der Waals surface area contributed by atoms with Gasteiger partial charge in [0.05, 0.1) is 5.69 Å². The molecule has 8 heteroatoms. The second-order valence-corrected chi connectivity index (χ2v) is 9.83. The number of hydrogen-bond donors (Lipinski definition) is 1. The van der Waals surface area contributed by atoms with Crippen LogP contribution in [0.25, 0.3) is 11.1 Å². The van der Waals surface area contributed by atoms with Crippen LogP contribution in [0.2, 0.25) is 5.02 Å². The van der Waals surface area contributed by atoms with Gasteiger partial charge in [-0.25, -0.2) is 4.79 Å². The molecule has 1 atom stereocenters. The molecule has 2 aliphatic rings. The Labute approximate surface area is 182 Å². The van der Waals surface area contributed by atoms with Crippen molar-refractivity contribution in [3.63, 3.8) is 0 Å². The molecular weight excluding hydrogens is 404 g/mol. The summed E-state index contributed by atoms with van der Waals surface area (Å²) in [5.74, 6) is 0. The van der Waals surface area contributed by atoms with Crippen molar-refractivity contribution in [2.75, 3.05) is 29.9 Å². The lowest BCUT2D eigenvalue weighted by Gasteiger charge is -2.39. The number of fused-ring (bicyclic) bond motifs is 1. The van der Waals surface area contributed by atoms with Crippen molar-refractivity contribution in [2.45, 2.75) is 71.1 Å². The molecule has 1 aliphatic heterocycles. The molecule has 1 saturated heterocycles. The number of hydrogen-bond acceptors (Lipinski definition) is 6. The number of rotatable bonds is 3. The number of carbonyl (C=O) groups is 1. The second-order valence-electron chi connectivity index (χ2n) is 9.39. The largest absolute Gasteiger partial charge is 0.444 e. The van der Waals surface area contributed by atoms with E-state index < -0.39 is 5.60 Å². The number of nitrogens with zero attached hydrogens (tertiary/aromatic N) is 3. The number of nitrogens with one attached hydrogen (secondary N) is 1. The first-order chi connectivity index (χ1) is 14.2. The molecule has 1 N–H and O–H groups in total. The third-order valence-electron chi connectivity index (χ3n) is 5.68. The van der Waals surface area contributed by atoms with E-state index in [1.165, 1.54) is 25.7 Å². The summed E-state index contributed by atoms with van der Waals surface area (Å²) in [6.45, 7) is 9.46. The van der Waals surface area contributed by atoms with Gasteiger partial charge in [0.15, 0.2) is 5.58 Å². The average Bonchev–Trinajstić information content (AvgIpc) is 3.29. The predicted molar refractivity (Wildman–Crippen MR) is 120 cm³/mol. The third-order valence-corrected chi connectivity index (χ3v) is 5.90. The lowest BCUT2D eigenvalue weighted by atomic mass is 10.2. The number of ether oxygens (including phenoxy) is 1. The van der Waals surface area contributed by atoms with Crippen LogP contribution in [0.1, 0.15) is 53.4 Å². The van der Waals surface area contributed by atoms with Crippen LogP contribution in [-0.2, 0) is 4.74 Å². The van der Waals surface area contributed by atoms with Gasteiger partial charge in [0.25, 0.3) is 6.01 Å². The Morgan fingerprint density at radius 1 is 1.27 bits per heavy atom. The fourth-order valence-electron chi connectivity index (χ4n) is 4.24. The summed E-state index contributed by atoms with van der Waals surface area (Å²) < 4.78 is 11.7. The molecular formula is C22H31ClN4O3. The van der Waals surface area contributed by atoms with E-state index in [0.717, 1.165) is 16.8 Å². The zero-order valence-corrected chi connectivity index (χ0v) is 19.0. The lowest BCUT2D eigenvalue weighted by molar-refractivity contribution is 0.0216. The number of halogens is 1. The van der Waals surface area contributed by atoms with E-state index in [-0.39, 0.29) is 12.1 Å². The summed E-state index contributed by atoms with van der Waals surface area (Å²) in [5.41, 5.74) is 1.89. The van der Waals surface area contributed by atoms with Gasteiger partial charge in [-0.05, 0) is 52.7 Å². The van der Waals surface area contributed by atoms with E-state index in [1.807, 2.05) is 32.9 Å². The fraction of sp³-hybridized carbons (Fsp3) is 0.636. The van der Waals surface area contributed by atoms with Crippen molar-refractivity contribution in [2.24, 2.45) is 0 Å². The van der Waals surface area contributed by atoms with Crippen LogP contribution in [0.5, 0.6) is 0 Å². The Morgan fingerprint density at radius 3 is 2.67 bits per heavy atom. The zero-order valence-electron chi connectivity index (χ0n) is 18.2. The molecule has 2 aromatic rings. The minimum absolute atomic E-state index is 0.0565. The summed E-state index contributed by atoms with van der Waals surface area (Å²) in [7, 11) is 0. The topological polar surface area (TPSA) is 70.8 Å². The number of oxazole rings is 1. The zero-order chi connectivity index (χ0) is 21.5. The Bertz CT molecular complexity index is 917. The van der Waals surface area contributed by atoms with Crippen LogP contribution < -0.4 is 10.2 Å². The van der Waals surface area contributed by atoms with E-state index in [9.17, 15) is 4.79 Å². The third kappa shape index (κ3) is 4.61. The van der Waals surface area contributed by atoms with Gasteiger partial charge in [-0.2, -0.15) is 4.98 Å². The van der Waals surface area contributed by atoms with Gasteiger partial charge in [-0.1, -0.05) is 24.4 Å². The van der Waals surface area contributed by atoms with Crippen LogP contribution >= 0.6 is 11.6 Å². The fourth-order valence-corrected chi connectivity index (χ4v) is 4.45. The van der Waals surface area contributed by atoms with Gasteiger partial charge in [-0.3, -0.25) is 0 Å². The first-order valence-corrected chi connectivity index (χ1v) is 11.2. The van der Waals surface area contributed by atoms with Crippen molar-refractivity contribution >= 4 is 40.5 Å². The first kappa shape index (κ1) is 21.1. The second kappa shape index (κ2) is 8.17. The van der Waals surface area contributed by atoms with Gasteiger partial charge in [0, 0.05) is 36.7 Å². The summed E-state index contributed by atoms with van der Waals surface area (Å²) in [5, 5.41) is 4.23. The van der Waals surface area contributed by atoms with Crippen LogP contribution in [-0.4, -0.2) is 53.3 Å². The van der Waals surface area contributed by atoms with Gasteiger partial charge in [0.2, 0.25) is 0 Å². The van der Waals surface area contributed by atoms with E-state index >= 15 is 0 Å². The number of aromatic nitrogens is 1. The maximum Gasteiger partial charge on any atom is 0.410 e. The molecule has 1 aromatic carbocycles. The van der Waals surface area contributed by atoms with E-state index in [4.69, 9.17) is 25.7 Å². The molecule has 2 fully saturated rings. The van der Waals surface area contributed by atoms with Gasteiger partial charge in [0.1, 0.15) is 11.1 Å². The quantitative estimate of drug-likeness (QED) is 0.708. The normalized spacial score (nSPS) is 20.8. The van der Waals surface area contributed by atoms with Crippen molar-refractivity contribution in [3.8, 4) is 0 Å². The average molecular weight is 435 g/mol. The highest BCUT2D eigenvalue weighted by molar-refractivity contribution is 6.31. The Morgan fingerprint density at radius 2 is 2.00 bits per heavy atom. The lowest BCUT2D eigenvalue weighted by Crippen LogP contribution is -2.54. The Balaban J connectivity index is 1.51. The number of benzene rings is 1. The smallest absolute Gasteiger partial charge is 0.410 e. The number of anilines is 2. The van der Waals surface area contributed by atoms with Crippen LogP contribution in [0.15, 0.2) is 16.5 Å². The molecule has 1 aromatic heterocycles. The highest BCUT2D eigenvalue weighted by Crippen LogP contribution is 2.34. The number of piperazine rings is 1. The molecule has 0 spiro atoms. The molecule has 4 rings (SSSR count). The van der Waals surface area contributed by atoms with E-state index in [0.29, 0.717) is 36.7 Å². The van der Waals surface area contributed by atoms with Crippen molar-refractivity contribution in [3.05, 3.63) is 17.2 Å². The summed E-state index contributed by atoms with van der Waals surface area (Å²) in [6, 6.07) is 4.84. The van der Waals surface area contributed by atoms with E-state index in [2.05, 4.69) is 17.1 Å². The molecule has 2 heterocycles. The minimum Gasteiger partial charge on any atom is -0.444 e. The monoisotopic (exact) mass is 434 g/mol. The van der Waals surface area contributed by atoms with Gasteiger partial charge < -0.3 is 24.3 Å². The number of carbonyl (C=O) groups excluding carboxylic acids is 1. The maximum absolute atomic E-state index is 12.4. The Kier molecular flexibility index (Phi) is 5.75. The van der Waals surface area contributed by atoms with Crippen molar-refractivity contribution in [1.82, 2.24) is 9.88 Å². The first-order valence-electron chi connectivity index (χ1n) is 10.8. The molecule has 1 amide bonds.